The molecule has 32 heavy (non-hydrogen) atoms. The van der Waals surface area contributed by atoms with Gasteiger partial charge < -0.3 is 20.1 Å². The van der Waals surface area contributed by atoms with Gasteiger partial charge >= 0.3 is 0 Å². The maximum atomic E-state index is 13.0. The van der Waals surface area contributed by atoms with Crippen molar-refractivity contribution in [2.45, 2.75) is 32.8 Å². The summed E-state index contributed by atoms with van der Waals surface area (Å²) < 4.78 is 11.0. The highest BCUT2D eigenvalue weighted by molar-refractivity contribution is 6.31. The van der Waals surface area contributed by atoms with E-state index in [9.17, 15) is 9.59 Å². The number of carbonyl (C=O) groups excluding carboxylic acids is 2. The lowest BCUT2D eigenvalue weighted by molar-refractivity contribution is -0.114. The minimum Gasteiger partial charge on any atom is -0.495 e. The van der Waals surface area contributed by atoms with Gasteiger partial charge in [0, 0.05) is 29.8 Å². The third-order valence-electron chi connectivity index (χ3n) is 4.93. The molecule has 3 N–H and O–H groups in total. The van der Waals surface area contributed by atoms with E-state index < -0.39 is 0 Å². The number of guanidine groups is 1. The van der Waals surface area contributed by atoms with Crippen molar-refractivity contribution >= 4 is 40.7 Å². The van der Waals surface area contributed by atoms with E-state index in [-0.39, 0.29) is 23.9 Å². The number of hydrogen-bond acceptors (Lipinski definition) is 5. The molecule has 0 radical (unpaired) electrons. The number of amides is 2. The number of aliphatic imine (C=N–C) groups is 1. The van der Waals surface area contributed by atoms with E-state index in [1.54, 1.807) is 43.5 Å². The van der Waals surface area contributed by atoms with Crippen LogP contribution in [0.15, 0.2) is 41.4 Å². The summed E-state index contributed by atoms with van der Waals surface area (Å²) in [6.45, 7) is 4.39. The highest BCUT2D eigenvalue weighted by Crippen LogP contribution is 2.27. The molecular weight excluding hydrogens is 432 g/mol. The second-order valence-corrected chi connectivity index (χ2v) is 7.90. The number of carbonyl (C=O) groups is 2. The largest absolute Gasteiger partial charge is 0.495 e. The second-order valence-electron chi connectivity index (χ2n) is 7.46. The molecular formula is C23H27ClN4O4. The quantitative estimate of drug-likeness (QED) is 0.448. The summed E-state index contributed by atoms with van der Waals surface area (Å²) in [5.74, 6) is 0.208. The molecule has 8 nitrogen and oxygen atoms in total. The zero-order valence-corrected chi connectivity index (χ0v) is 19.1. The fourth-order valence-corrected chi connectivity index (χ4v) is 3.44. The molecule has 0 unspecified atom stereocenters. The summed E-state index contributed by atoms with van der Waals surface area (Å²) in [5.41, 5.74) is 2.37. The van der Waals surface area contributed by atoms with Gasteiger partial charge in [-0.25, -0.2) is 4.99 Å². The summed E-state index contributed by atoms with van der Waals surface area (Å²) >= 11 is 6.14. The van der Waals surface area contributed by atoms with Gasteiger partial charge in [0.15, 0.2) is 0 Å². The monoisotopic (exact) mass is 458 g/mol. The Bertz CT molecular complexity index is 1020. The van der Waals surface area contributed by atoms with Crippen molar-refractivity contribution in [3.8, 4) is 5.75 Å². The van der Waals surface area contributed by atoms with Crippen LogP contribution in [0.25, 0.3) is 0 Å². The number of anilines is 2. The number of halogens is 1. The van der Waals surface area contributed by atoms with Crippen molar-refractivity contribution in [3.63, 3.8) is 0 Å². The van der Waals surface area contributed by atoms with Crippen molar-refractivity contribution in [1.82, 2.24) is 5.32 Å². The smallest absolute Gasteiger partial charge is 0.258 e. The average Bonchev–Trinajstić information content (AvgIpc) is 3.27. The minimum absolute atomic E-state index is 0.00991. The van der Waals surface area contributed by atoms with Crippen LogP contribution in [0.5, 0.6) is 5.75 Å². The molecule has 1 fully saturated rings. The highest BCUT2D eigenvalue weighted by atomic mass is 35.5. The molecule has 0 bridgehead atoms. The van der Waals surface area contributed by atoms with Gasteiger partial charge in [-0.3, -0.25) is 14.9 Å². The van der Waals surface area contributed by atoms with Gasteiger partial charge in [-0.15, -0.1) is 0 Å². The van der Waals surface area contributed by atoms with Crippen LogP contribution >= 0.6 is 11.6 Å². The molecule has 2 amide bonds. The number of nitrogens with one attached hydrogen (secondary N) is 3. The summed E-state index contributed by atoms with van der Waals surface area (Å²) in [7, 11) is 1.55. The van der Waals surface area contributed by atoms with E-state index in [1.165, 1.54) is 6.92 Å². The van der Waals surface area contributed by atoms with E-state index in [2.05, 4.69) is 20.9 Å². The normalized spacial score (nSPS) is 15.9. The SMILES string of the molecule is COc1ccc(Cl)cc1NC(=NC[C@H]1CCCO1)NC(=O)c1ccc(C)c(NC(C)=O)c1. The van der Waals surface area contributed by atoms with Crippen molar-refractivity contribution in [2.75, 3.05) is 30.9 Å². The van der Waals surface area contributed by atoms with Gasteiger partial charge in [0.1, 0.15) is 5.75 Å². The van der Waals surface area contributed by atoms with Gasteiger partial charge in [-0.2, -0.15) is 0 Å². The molecule has 1 saturated heterocycles. The summed E-state index contributed by atoms with van der Waals surface area (Å²) in [5, 5.41) is 9.16. The first kappa shape index (κ1) is 23.6. The van der Waals surface area contributed by atoms with E-state index in [4.69, 9.17) is 21.1 Å². The molecule has 2 aromatic rings. The lowest BCUT2D eigenvalue weighted by Crippen LogP contribution is -2.37. The van der Waals surface area contributed by atoms with Gasteiger partial charge in [0.2, 0.25) is 11.9 Å². The molecule has 0 saturated carbocycles. The third-order valence-corrected chi connectivity index (χ3v) is 5.17. The fraction of sp³-hybridized carbons (Fsp3) is 0.348. The molecule has 3 rings (SSSR count). The van der Waals surface area contributed by atoms with Crippen molar-refractivity contribution in [2.24, 2.45) is 4.99 Å². The van der Waals surface area contributed by atoms with Crippen LogP contribution in [0.1, 0.15) is 35.7 Å². The standard InChI is InChI=1S/C23H27ClN4O4/c1-14-6-7-16(11-19(14)26-15(2)29)22(30)28-23(25-13-18-5-4-10-32-18)27-20-12-17(24)8-9-21(20)31-3/h6-9,11-12,18H,4-5,10,13H2,1-3H3,(H,26,29)(H2,25,27,28,30)/t18-/m1/s1. The number of rotatable bonds is 6. The summed E-state index contributed by atoms with van der Waals surface area (Å²) in [6.07, 6.45) is 1.92. The van der Waals surface area contributed by atoms with Crippen LogP contribution < -0.4 is 20.7 Å². The Balaban J connectivity index is 1.83. The molecule has 0 aromatic heterocycles. The maximum absolute atomic E-state index is 13.0. The molecule has 9 heteroatoms. The number of nitrogens with zero attached hydrogens (tertiary/aromatic N) is 1. The molecule has 170 valence electrons. The van der Waals surface area contributed by atoms with Gasteiger partial charge in [-0.05, 0) is 55.7 Å². The van der Waals surface area contributed by atoms with Crippen molar-refractivity contribution < 1.29 is 19.1 Å². The third kappa shape index (κ3) is 6.45. The van der Waals surface area contributed by atoms with E-state index in [1.807, 2.05) is 6.92 Å². The first-order valence-corrected chi connectivity index (χ1v) is 10.7. The predicted octanol–water partition coefficient (Wildman–Crippen LogP) is 3.99. The molecule has 1 aliphatic rings. The first-order valence-electron chi connectivity index (χ1n) is 10.3. The number of benzene rings is 2. The Hall–Kier alpha value is -3.10. The van der Waals surface area contributed by atoms with Crippen LogP contribution in [0.4, 0.5) is 11.4 Å². The van der Waals surface area contributed by atoms with E-state index in [0.717, 1.165) is 18.4 Å². The molecule has 1 heterocycles. The van der Waals surface area contributed by atoms with Crippen molar-refractivity contribution in [3.05, 3.63) is 52.5 Å². The summed E-state index contributed by atoms with van der Waals surface area (Å²) in [4.78, 5) is 29.0. The van der Waals surface area contributed by atoms with Gasteiger partial charge in [0.25, 0.3) is 5.91 Å². The Kier molecular flexibility index (Phi) is 8.08. The summed E-state index contributed by atoms with van der Waals surface area (Å²) in [6, 6.07) is 10.2. The molecule has 0 spiro atoms. The lowest BCUT2D eigenvalue weighted by Gasteiger charge is -2.16. The van der Waals surface area contributed by atoms with Crippen molar-refractivity contribution in [1.29, 1.82) is 0 Å². The average molecular weight is 459 g/mol. The van der Waals surface area contributed by atoms with Crippen LogP contribution in [-0.4, -0.2) is 44.1 Å². The fourth-order valence-electron chi connectivity index (χ4n) is 3.26. The Morgan fingerprint density at radius 1 is 1.19 bits per heavy atom. The van der Waals surface area contributed by atoms with Gasteiger partial charge in [0.05, 0.1) is 25.4 Å². The second kappa shape index (κ2) is 11.0. The van der Waals surface area contributed by atoms with Crippen LogP contribution in [0.2, 0.25) is 5.02 Å². The predicted molar refractivity (Wildman–Crippen MR) is 126 cm³/mol. The number of aryl methyl sites for hydroxylation is 1. The molecule has 0 aliphatic carbocycles. The van der Waals surface area contributed by atoms with Crippen LogP contribution in [0.3, 0.4) is 0 Å². The molecule has 2 aromatic carbocycles. The van der Waals surface area contributed by atoms with E-state index in [0.29, 0.717) is 40.9 Å². The lowest BCUT2D eigenvalue weighted by atomic mass is 10.1. The number of hydrogen-bond donors (Lipinski definition) is 3. The van der Waals surface area contributed by atoms with Crippen LogP contribution in [0, 0.1) is 6.92 Å². The number of methoxy groups -OCH3 is 1. The van der Waals surface area contributed by atoms with E-state index >= 15 is 0 Å². The zero-order valence-electron chi connectivity index (χ0n) is 18.3. The maximum Gasteiger partial charge on any atom is 0.258 e. The number of ether oxygens (including phenoxy) is 2. The molecule has 1 aliphatic heterocycles. The first-order chi connectivity index (χ1) is 15.4. The van der Waals surface area contributed by atoms with Gasteiger partial charge in [-0.1, -0.05) is 17.7 Å². The Morgan fingerprint density at radius 3 is 2.69 bits per heavy atom. The van der Waals surface area contributed by atoms with Crippen LogP contribution in [-0.2, 0) is 9.53 Å². The highest BCUT2D eigenvalue weighted by Gasteiger charge is 2.17. The molecule has 1 atom stereocenters. The Morgan fingerprint density at radius 2 is 2.00 bits per heavy atom. The minimum atomic E-state index is -0.379. The Labute approximate surface area is 192 Å². The topological polar surface area (TPSA) is 101 Å². The zero-order chi connectivity index (χ0) is 23.1.